The summed E-state index contributed by atoms with van der Waals surface area (Å²) in [6.07, 6.45) is 1.35. The number of rotatable bonds is 4. The average molecular weight is 417 g/mol. The van der Waals surface area contributed by atoms with E-state index in [0.29, 0.717) is 27.2 Å². The molecule has 0 atom stereocenters. The van der Waals surface area contributed by atoms with E-state index in [4.69, 9.17) is 0 Å². The minimum atomic E-state index is -0.464. The quantitative estimate of drug-likeness (QED) is 0.304. The number of carbonyl (C=O) groups is 2. The molecule has 0 spiro atoms. The Morgan fingerprint density at radius 1 is 0.933 bits per heavy atom. The fourth-order valence-corrected chi connectivity index (χ4v) is 4.25. The first-order valence-corrected chi connectivity index (χ1v) is 9.64. The molecule has 5 rings (SSSR count). The topological polar surface area (TPSA) is 118 Å². The van der Waals surface area contributed by atoms with Crippen molar-refractivity contribution in [3.05, 3.63) is 81.5 Å². The summed E-state index contributed by atoms with van der Waals surface area (Å²) in [6.45, 7) is 0. The number of nitrogens with zero attached hydrogens (tertiary/aromatic N) is 4. The zero-order valence-corrected chi connectivity index (χ0v) is 15.9. The summed E-state index contributed by atoms with van der Waals surface area (Å²) in [5.41, 5.74) is 4.93. The highest BCUT2D eigenvalue weighted by molar-refractivity contribution is 7.17. The number of hydrogen-bond donors (Lipinski definition) is 1. The Balaban J connectivity index is 1.56. The van der Waals surface area contributed by atoms with Gasteiger partial charge in [-0.25, -0.2) is 9.97 Å². The summed E-state index contributed by atoms with van der Waals surface area (Å²) in [6, 6.07) is 12.7. The Labute approximate surface area is 172 Å². The van der Waals surface area contributed by atoms with Crippen LogP contribution in [0.1, 0.15) is 20.7 Å². The van der Waals surface area contributed by atoms with Gasteiger partial charge in [-0.1, -0.05) is 12.1 Å². The maximum atomic E-state index is 12.7. The van der Waals surface area contributed by atoms with Gasteiger partial charge in [0.1, 0.15) is 11.2 Å². The highest BCUT2D eigenvalue weighted by Gasteiger charge is 2.36. The Bertz CT molecular complexity index is 1310. The lowest BCUT2D eigenvalue weighted by Crippen LogP contribution is -2.35. The van der Waals surface area contributed by atoms with Crippen molar-refractivity contribution in [2.45, 2.75) is 0 Å². The SMILES string of the molecule is O=C1c2ccccc2C(=O)N1Nc1ncnc2scc(-c3ccc([N+](=O)[O-])cc3)c12. The Kier molecular flexibility index (Phi) is 4.00. The molecule has 30 heavy (non-hydrogen) atoms. The number of thiophene rings is 1. The standard InChI is InChI=1S/C20H11N5O4S/c26-19-13-3-1-2-4-14(13)20(27)24(19)23-17-16-15(9-30-18(16)22-10-21-17)11-5-7-12(8-6-11)25(28)29/h1-10H,(H,21,22,23). The molecule has 0 radical (unpaired) electrons. The third-order valence-corrected chi connectivity index (χ3v) is 5.66. The summed E-state index contributed by atoms with van der Waals surface area (Å²) in [4.78, 5) is 45.0. The van der Waals surface area contributed by atoms with Crippen LogP contribution in [0.4, 0.5) is 11.5 Å². The molecule has 9 nitrogen and oxygen atoms in total. The maximum Gasteiger partial charge on any atom is 0.280 e. The summed E-state index contributed by atoms with van der Waals surface area (Å²) in [7, 11) is 0. The van der Waals surface area contributed by atoms with Crippen LogP contribution >= 0.6 is 11.3 Å². The van der Waals surface area contributed by atoms with Crippen molar-refractivity contribution in [1.29, 1.82) is 0 Å². The van der Waals surface area contributed by atoms with Crippen molar-refractivity contribution in [1.82, 2.24) is 15.0 Å². The molecule has 2 amide bonds. The van der Waals surface area contributed by atoms with Crippen molar-refractivity contribution < 1.29 is 14.5 Å². The third-order valence-electron chi connectivity index (χ3n) is 4.77. The number of hydrogen-bond acceptors (Lipinski definition) is 8. The monoisotopic (exact) mass is 417 g/mol. The predicted octanol–water partition coefficient (Wildman–Crippen LogP) is 3.89. The van der Waals surface area contributed by atoms with Crippen molar-refractivity contribution in [3.8, 4) is 11.1 Å². The molecular weight excluding hydrogens is 406 g/mol. The van der Waals surface area contributed by atoms with Crippen LogP contribution in [0.2, 0.25) is 0 Å². The van der Waals surface area contributed by atoms with Gasteiger partial charge in [-0.2, -0.15) is 5.01 Å². The largest absolute Gasteiger partial charge is 0.280 e. The first-order valence-electron chi connectivity index (χ1n) is 8.76. The summed E-state index contributed by atoms with van der Waals surface area (Å²) < 4.78 is 0. The Morgan fingerprint density at radius 3 is 2.23 bits per heavy atom. The van der Waals surface area contributed by atoms with Gasteiger partial charge in [0.25, 0.3) is 17.5 Å². The molecule has 0 aliphatic carbocycles. The molecule has 1 aliphatic rings. The van der Waals surface area contributed by atoms with Crippen LogP contribution in [0.25, 0.3) is 21.3 Å². The van der Waals surface area contributed by atoms with Gasteiger partial charge in [0.15, 0.2) is 5.82 Å². The number of non-ortho nitro benzene ring substituents is 1. The van der Waals surface area contributed by atoms with Gasteiger partial charge in [0, 0.05) is 23.1 Å². The molecule has 0 saturated heterocycles. The molecule has 146 valence electrons. The van der Waals surface area contributed by atoms with Crippen LogP contribution in [-0.4, -0.2) is 31.7 Å². The number of fused-ring (bicyclic) bond motifs is 2. The predicted molar refractivity (Wildman–Crippen MR) is 110 cm³/mol. The Morgan fingerprint density at radius 2 is 1.60 bits per heavy atom. The number of carbonyl (C=O) groups excluding carboxylic acids is 2. The minimum Gasteiger partial charge on any atom is -0.271 e. The third kappa shape index (κ3) is 2.70. The van der Waals surface area contributed by atoms with Crippen LogP contribution in [0.15, 0.2) is 60.2 Å². The van der Waals surface area contributed by atoms with Gasteiger partial charge in [0.05, 0.1) is 21.4 Å². The van der Waals surface area contributed by atoms with E-state index < -0.39 is 16.7 Å². The number of benzene rings is 2. The van der Waals surface area contributed by atoms with Crippen LogP contribution < -0.4 is 5.43 Å². The van der Waals surface area contributed by atoms with Crippen LogP contribution in [0.5, 0.6) is 0 Å². The van der Waals surface area contributed by atoms with Crippen molar-refractivity contribution >= 4 is 44.9 Å². The first-order chi connectivity index (χ1) is 14.5. The highest BCUT2D eigenvalue weighted by Crippen LogP contribution is 2.37. The maximum absolute atomic E-state index is 12.7. The molecule has 3 heterocycles. The number of amides is 2. The van der Waals surface area contributed by atoms with Gasteiger partial charge in [-0.15, -0.1) is 11.3 Å². The van der Waals surface area contributed by atoms with Crippen molar-refractivity contribution in [2.24, 2.45) is 0 Å². The molecule has 0 unspecified atom stereocenters. The number of nitro benzene ring substituents is 1. The lowest BCUT2D eigenvalue weighted by Gasteiger charge is -2.16. The van der Waals surface area contributed by atoms with E-state index in [1.165, 1.54) is 29.8 Å². The van der Waals surface area contributed by atoms with Crippen molar-refractivity contribution in [3.63, 3.8) is 0 Å². The van der Waals surface area contributed by atoms with E-state index in [9.17, 15) is 19.7 Å². The van der Waals surface area contributed by atoms with E-state index >= 15 is 0 Å². The molecule has 4 aromatic rings. The molecule has 0 saturated carbocycles. The smallest absolute Gasteiger partial charge is 0.271 e. The van der Waals surface area contributed by atoms with E-state index in [0.717, 1.165) is 16.1 Å². The molecular formula is C20H11N5O4S. The molecule has 2 aromatic heterocycles. The second-order valence-corrected chi connectivity index (χ2v) is 7.32. The number of hydrazine groups is 1. The number of nitrogens with one attached hydrogen (secondary N) is 1. The minimum absolute atomic E-state index is 0.0149. The van der Waals surface area contributed by atoms with E-state index in [1.807, 2.05) is 5.38 Å². The van der Waals surface area contributed by atoms with E-state index in [2.05, 4.69) is 15.4 Å². The Hall–Kier alpha value is -4.18. The summed E-state index contributed by atoms with van der Waals surface area (Å²) in [5, 5.41) is 14.3. The zero-order valence-electron chi connectivity index (χ0n) is 15.1. The van der Waals surface area contributed by atoms with Gasteiger partial charge in [0.2, 0.25) is 0 Å². The number of aromatic nitrogens is 2. The first kappa shape index (κ1) is 17.9. The lowest BCUT2D eigenvalue weighted by molar-refractivity contribution is -0.384. The molecule has 1 N–H and O–H groups in total. The molecule has 1 aliphatic heterocycles. The van der Waals surface area contributed by atoms with Gasteiger partial charge in [-0.05, 0) is 29.8 Å². The van der Waals surface area contributed by atoms with Gasteiger partial charge < -0.3 is 0 Å². The van der Waals surface area contributed by atoms with Crippen LogP contribution in [-0.2, 0) is 0 Å². The van der Waals surface area contributed by atoms with E-state index in [-0.39, 0.29) is 5.69 Å². The molecule has 10 heteroatoms. The van der Waals surface area contributed by atoms with Gasteiger partial charge in [-0.3, -0.25) is 25.1 Å². The number of imide groups is 1. The summed E-state index contributed by atoms with van der Waals surface area (Å²) in [5.74, 6) is -0.631. The zero-order chi connectivity index (χ0) is 20.8. The molecule has 2 aromatic carbocycles. The second kappa shape index (κ2) is 6.71. The van der Waals surface area contributed by atoms with Crippen molar-refractivity contribution in [2.75, 3.05) is 5.43 Å². The fourth-order valence-electron chi connectivity index (χ4n) is 3.33. The molecule has 0 fully saturated rings. The highest BCUT2D eigenvalue weighted by atomic mass is 32.1. The van der Waals surface area contributed by atoms with Crippen LogP contribution in [0.3, 0.4) is 0 Å². The van der Waals surface area contributed by atoms with Gasteiger partial charge >= 0.3 is 0 Å². The normalized spacial score (nSPS) is 13.0. The van der Waals surface area contributed by atoms with Crippen LogP contribution in [0, 0.1) is 10.1 Å². The second-order valence-electron chi connectivity index (χ2n) is 6.46. The fraction of sp³-hybridized carbons (Fsp3) is 0. The summed E-state index contributed by atoms with van der Waals surface area (Å²) >= 11 is 1.37. The number of nitro groups is 1. The lowest BCUT2D eigenvalue weighted by atomic mass is 10.1. The molecule has 0 bridgehead atoms. The number of anilines is 1. The van der Waals surface area contributed by atoms with E-state index in [1.54, 1.807) is 36.4 Å². The average Bonchev–Trinajstić information content (AvgIpc) is 3.30.